The summed E-state index contributed by atoms with van der Waals surface area (Å²) in [5, 5.41) is 2.86. The van der Waals surface area contributed by atoms with E-state index in [0.29, 0.717) is 5.56 Å². The Morgan fingerprint density at radius 1 is 0.846 bits per heavy atom. The van der Waals surface area contributed by atoms with E-state index in [-0.39, 0.29) is 24.5 Å². The van der Waals surface area contributed by atoms with Crippen LogP contribution in [0.3, 0.4) is 0 Å². The molecule has 0 aromatic heterocycles. The first-order valence-electron chi connectivity index (χ1n) is 9.34. The van der Waals surface area contributed by atoms with Crippen LogP contribution in [-0.4, -0.2) is 24.8 Å². The van der Waals surface area contributed by atoms with Crippen LogP contribution in [0, 0.1) is 0 Å². The summed E-state index contributed by atoms with van der Waals surface area (Å²) in [5.41, 5.74) is 3.76. The topological polar surface area (TPSA) is 49.4 Å². The summed E-state index contributed by atoms with van der Waals surface area (Å²) in [6, 6.07) is 15.4. The average molecular weight is 352 g/mol. The third-order valence-electron chi connectivity index (χ3n) is 4.54. The summed E-state index contributed by atoms with van der Waals surface area (Å²) in [7, 11) is 0. The van der Waals surface area contributed by atoms with Crippen molar-refractivity contribution in [2.45, 2.75) is 40.0 Å². The van der Waals surface area contributed by atoms with Gasteiger partial charge in [0.1, 0.15) is 0 Å². The third-order valence-corrected chi connectivity index (χ3v) is 4.54. The van der Waals surface area contributed by atoms with Gasteiger partial charge >= 0.3 is 0 Å². The minimum absolute atomic E-state index is 0.000292. The first-order chi connectivity index (χ1) is 12.6. The van der Waals surface area contributed by atoms with Gasteiger partial charge < -0.3 is 10.2 Å². The molecule has 1 N–H and O–H groups in total. The fourth-order valence-corrected chi connectivity index (χ4v) is 2.87. The van der Waals surface area contributed by atoms with E-state index < -0.39 is 0 Å². The monoisotopic (exact) mass is 352 g/mol. The van der Waals surface area contributed by atoms with Crippen LogP contribution in [0.1, 0.15) is 49.5 Å². The van der Waals surface area contributed by atoms with Gasteiger partial charge in [-0.3, -0.25) is 9.59 Å². The second-order valence-corrected chi connectivity index (χ2v) is 6.24. The number of aryl methyl sites for hydroxylation is 1. The maximum Gasteiger partial charge on any atom is 0.224 e. The number of anilines is 2. The van der Waals surface area contributed by atoms with Crippen LogP contribution in [0.15, 0.2) is 48.5 Å². The van der Waals surface area contributed by atoms with Crippen molar-refractivity contribution in [3.63, 3.8) is 0 Å². The number of nitrogens with one attached hydrogen (secondary N) is 1. The second-order valence-electron chi connectivity index (χ2n) is 6.24. The number of hydrogen-bond donors (Lipinski definition) is 1. The van der Waals surface area contributed by atoms with Gasteiger partial charge in [-0.25, -0.2) is 0 Å². The van der Waals surface area contributed by atoms with Crippen molar-refractivity contribution in [2.75, 3.05) is 23.3 Å². The maximum absolute atomic E-state index is 12.2. The van der Waals surface area contributed by atoms with Crippen molar-refractivity contribution in [1.82, 2.24) is 0 Å². The molecule has 0 aliphatic carbocycles. The number of ketones is 1. The average Bonchev–Trinajstić information content (AvgIpc) is 2.68. The van der Waals surface area contributed by atoms with Crippen LogP contribution in [0.2, 0.25) is 0 Å². The van der Waals surface area contributed by atoms with Crippen LogP contribution in [0.25, 0.3) is 0 Å². The molecular weight excluding hydrogens is 324 g/mol. The summed E-state index contributed by atoms with van der Waals surface area (Å²) in [4.78, 5) is 26.6. The molecule has 0 aliphatic heterocycles. The molecule has 2 aromatic carbocycles. The number of hydrogen-bond acceptors (Lipinski definition) is 3. The van der Waals surface area contributed by atoms with Crippen molar-refractivity contribution in [1.29, 1.82) is 0 Å². The Kier molecular flexibility index (Phi) is 7.39. The minimum atomic E-state index is -0.140. The zero-order chi connectivity index (χ0) is 18.9. The lowest BCUT2D eigenvalue weighted by Crippen LogP contribution is -2.21. The Hall–Kier alpha value is -2.62. The molecule has 0 spiro atoms. The number of carbonyl (C=O) groups excluding carboxylic acids is 2. The molecule has 0 atom stereocenters. The first kappa shape index (κ1) is 19.7. The third kappa shape index (κ3) is 5.45. The lowest BCUT2D eigenvalue weighted by atomic mass is 10.0. The molecule has 2 aromatic rings. The van der Waals surface area contributed by atoms with E-state index in [4.69, 9.17) is 0 Å². The molecule has 0 unspecified atom stereocenters. The van der Waals surface area contributed by atoms with Crippen molar-refractivity contribution < 1.29 is 9.59 Å². The molecule has 0 bridgehead atoms. The van der Waals surface area contributed by atoms with Gasteiger partial charge in [-0.05, 0) is 50.1 Å². The molecular formula is C22H28N2O2. The Morgan fingerprint density at radius 2 is 1.46 bits per heavy atom. The highest BCUT2D eigenvalue weighted by molar-refractivity contribution is 6.00. The van der Waals surface area contributed by atoms with Crippen molar-refractivity contribution in [2.24, 2.45) is 0 Å². The number of Topliss-reactive ketones (excluding diaryl/α,β-unsaturated/α-hetero) is 1. The summed E-state index contributed by atoms with van der Waals surface area (Å²) >= 11 is 0. The lowest BCUT2D eigenvalue weighted by molar-refractivity contribution is -0.116. The van der Waals surface area contributed by atoms with E-state index in [2.05, 4.69) is 31.0 Å². The standard InChI is InChI=1S/C22H28N2O2/c1-4-17-7-9-18(10-8-17)21(25)15-16-22(26)23-19-11-13-20(14-12-19)24(5-2)6-3/h7-14H,4-6,15-16H2,1-3H3,(H,23,26). The smallest absolute Gasteiger partial charge is 0.224 e. The van der Waals surface area contributed by atoms with Crippen LogP contribution >= 0.6 is 0 Å². The Labute approximate surface area is 156 Å². The number of rotatable bonds is 9. The molecule has 0 saturated heterocycles. The zero-order valence-electron chi connectivity index (χ0n) is 15.9. The van der Waals surface area contributed by atoms with Gasteiger partial charge in [0.15, 0.2) is 5.78 Å². The Morgan fingerprint density at radius 3 is 2.00 bits per heavy atom. The van der Waals surface area contributed by atoms with Gasteiger partial charge in [0.2, 0.25) is 5.91 Å². The highest BCUT2D eigenvalue weighted by Crippen LogP contribution is 2.18. The van der Waals surface area contributed by atoms with Gasteiger partial charge in [-0.15, -0.1) is 0 Å². The summed E-state index contributed by atoms with van der Waals surface area (Å²) < 4.78 is 0. The molecule has 0 fully saturated rings. The van der Waals surface area contributed by atoms with E-state index in [1.54, 1.807) is 0 Å². The zero-order valence-corrected chi connectivity index (χ0v) is 15.9. The van der Waals surface area contributed by atoms with E-state index in [0.717, 1.165) is 30.9 Å². The Balaban J connectivity index is 1.85. The highest BCUT2D eigenvalue weighted by Gasteiger charge is 2.10. The van der Waals surface area contributed by atoms with Crippen molar-refractivity contribution in [3.8, 4) is 0 Å². The summed E-state index contributed by atoms with van der Waals surface area (Å²) in [6.07, 6.45) is 1.35. The van der Waals surface area contributed by atoms with Crippen LogP contribution in [-0.2, 0) is 11.2 Å². The summed E-state index contributed by atoms with van der Waals surface area (Å²) in [6.45, 7) is 8.21. The van der Waals surface area contributed by atoms with Crippen LogP contribution in [0.5, 0.6) is 0 Å². The van der Waals surface area contributed by atoms with Gasteiger partial charge in [0, 0.05) is 42.9 Å². The predicted octanol–water partition coefficient (Wildman–Crippen LogP) is 4.70. The molecule has 4 nitrogen and oxygen atoms in total. The van der Waals surface area contributed by atoms with E-state index in [1.807, 2.05) is 48.5 Å². The molecule has 4 heteroatoms. The van der Waals surface area contributed by atoms with Crippen LogP contribution < -0.4 is 10.2 Å². The molecule has 2 rings (SSSR count). The van der Waals surface area contributed by atoms with E-state index in [1.165, 1.54) is 5.56 Å². The molecule has 26 heavy (non-hydrogen) atoms. The molecule has 0 aliphatic rings. The molecule has 1 amide bonds. The number of nitrogens with zero attached hydrogens (tertiary/aromatic N) is 1. The molecule has 0 radical (unpaired) electrons. The molecule has 0 heterocycles. The van der Waals surface area contributed by atoms with Crippen LogP contribution in [0.4, 0.5) is 11.4 Å². The maximum atomic E-state index is 12.2. The minimum Gasteiger partial charge on any atom is -0.372 e. The van der Waals surface area contributed by atoms with Crippen molar-refractivity contribution >= 4 is 23.1 Å². The predicted molar refractivity (Wildman–Crippen MR) is 108 cm³/mol. The lowest BCUT2D eigenvalue weighted by Gasteiger charge is -2.21. The van der Waals surface area contributed by atoms with Crippen molar-refractivity contribution in [3.05, 3.63) is 59.7 Å². The summed E-state index contributed by atoms with van der Waals surface area (Å²) in [5.74, 6) is -0.140. The fourth-order valence-electron chi connectivity index (χ4n) is 2.87. The van der Waals surface area contributed by atoms with Gasteiger partial charge in [-0.1, -0.05) is 31.2 Å². The van der Waals surface area contributed by atoms with Gasteiger partial charge in [-0.2, -0.15) is 0 Å². The largest absolute Gasteiger partial charge is 0.372 e. The Bertz CT molecular complexity index is 717. The normalized spacial score (nSPS) is 10.4. The number of carbonyl (C=O) groups is 2. The first-order valence-corrected chi connectivity index (χ1v) is 9.34. The van der Waals surface area contributed by atoms with Gasteiger partial charge in [0.25, 0.3) is 0 Å². The number of benzene rings is 2. The number of amides is 1. The van der Waals surface area contributed by atoms with E-state index in [9.17, 15) is 9.59 Å². The highest BCUT2D eigenvalue weighted by atomic mass is 16.2. The fraction of sp³-hybridized carbons (Fsp3) is 0.364. The second kappa shape index (κ2) is 9.76. The quantitative estimate of drug-likeness (QED) is 0.666. The van der Waals surface area contributed by atoms with E-state index >= 15 is 0 Å². The molecule has 138 valence electrons. The SMILES string of the molecule is CCc1ccc(C(=O)CCC(=O)Nc2ccc(N(CC)CC)cc2)cc1. The van der Waals surface area contributed by atoms with Gasteiger partial charge in [0.05, 0.1) is 0 Å². The molecule has 0 saturated carbocycles.